The van der Waals surface area contributed by atoms with Crippen molar-refractivity contribution in [3.05, 3.63) is 57.7 Å². The summed E-state index contributed by atoms with van der Waals surface area (Å²) in [5.41, 5.74) is 2.52. The first-order valence-corrected chi connectivity index (χ1v) is 7.67. The Balaban J connectivity index is 1.97. The van der Waals surface area contributed by atoms with E-state index < -0.39 is 0 Å². The zero-order valence-electron chi connectivity index (χ0n) is 12.1. The Kier molecular flexibility index (Phi) is 3.16. The van der Waals surface area contributed by atoms with Crippen molar-refractivity contribution in [2.45, 2.75) is 0 Å². The molecule has 3 heterocycles. The van der Waals surface area contributed by atoms with E-state index in [0.717, 1.165) is 21.3 Å². The van der Waals surface area contributed by atoms with Crippen LogP contribution in [0.15, 0.2) is 52.1 Å². The van der Waals surface area contributed by atoms with Crippen LogP contribution in [0.1, 0.15) is 0 Å². The lowest BCUT2D eigenvalue weighted by Gasteiger charge is -2.02. The molecule has 2 aliphatic rings. The number of aromatic nitrogens is 4. The molecule has 1 N–H and O–H groups in total. The Bertz CT molecular complexity index is 1040. The number of hydrogen-bond acceptors (Lipinski definition) is 4. The molecule has 0 saturated heterocycles. The fourth-order valence-electron chi connectivity index (χ4n) is 2.53. The summed E-state index contributed by atoms with van der Waals surface area (Å²) in [4.78, 5) is 19.9. The number of nitrogens with one attached hydrogen (secondary N) is 1. The van der Waals surface area contributed by atoms with Crippen molar-refractivity contribution in [1.82, 2.24) is 19.7 Å². The second-order valence-electron chi connectivity index (χ2n) is 5.02. The minimum atomic E-state index is -0.175. The SMILES string of the molecule is COc1ccc(-n2nc3c4cnc(Br)cc4[nH]cc-3c2=O)cc1. The van der Waals surface area contributed by atoms with E-state index in [0.29, 0.717) is 16.9 Å². The van der Waals surface area contributed by atoms with Gasteiger partial charge in [0.05, 0.1) is 23.9 Å². The van der Waals surface area contributed by atoms with Gasteiger partial charge in [-0.05, 0) is 46.3 Å². The Morgan fingerprint density at radius 2 is 2.04 bits per heavy atom. The van der Waals surface area contributed by atoms with Gasteiger partial charge in [-0.25, -0.2) is 4.98 Å². The topological polar surface area (TPSA) is 72.8 Å². The van der Waals surface area contributed by atoms with Crippen LogP contribution in [0, 0.1) is 0 Å². The van der Waals surface area contributed by atoms with Gasteiger partial charge >= 0.3 is 0 Å². The zero-order chi connectivity index (χ0) is 16.0. The summed E-state index contributed by atoms with van der Waals surface area (Å²) < 4.78 is 7.25. The highest BCUT2D eigenvalue weighted by Gasteiger charge is 2.19. The number of aromatic amines is 1. The fourth-order valence-corrected chi connectivity index (χ4v) is 2.86. The van der Waals surface area contributed by atoms with Crippen molar-refractivity contribution >= 4 is 26.8 Å². The number of nitrogens with zero attached hydrogens (tertiary/aromatic N) is 3. The van der Waals surface area contributed by atoms with Gasteiger partial charge in [0.2, 0.25) is 0 Å². The molecule has 0 amide bonds. The molecule has 2 aliphatic heterocycles. The Morgan fingerprint density at radius 3 is 2.78 bits per heavy atom. The minimum Gasteiger partial charge on any atom is -0.497 e. The average Bonchev–Trinajstić information content (AvgIpc) is 2.92. The van der Waals surface area contributed by atoms with Crippen molar-refractivity contribution in [1.29, 1.82) is 0 Å². The third-order valence-corrected chi connectivity index (χ3v) is 4.13. The molecular weight excluding hydrogens is 360 g/mol. The van der Waals surface area contributed by atoms with Crippen LogP contribution in [-0.2, 0) is 0 Å². The number of halogens is 1. The monoisotopic (exact) mass is 370 g/mol. The van der Waals surface area contributed by atoms with Gasteiger partial charge in [-0.1, -0.05) is 0 Å². The van der Waals surface area contributed by atoms with Crippen LogP contribution in [0.2, 0.25) is 0 Å². The van der Waals surface area contributed by atoms with Gasteiger partial charge in [-0.2, -0.15) is 9.78 Å². The van der Waals surface area contributed by atoms with Crippen LogP contribution in [0.25, 0.3) is 27.8 Å². The number of hydrogen-bond donors (Lipinski definition) is 1. The fraction of sp³-hybridized carbons (Fsp3) is 0.0625. The number of fused-ring (bicyclic) bond motifs is 3. The summed E-state index contributed by atoms with van der Waals surface area (Å²) in [6, 6.07) is 9.04. The summed E-state index contributed by atoms with van der Waals surface area (Å²) in [5.74, 6) is 0.728. The molecule has 0 saturated carbocycles. The van der Waals surface area contributed by atoms with Crippen LogP contribution < -0.4 is 10.3 Å². The van der Waals surface area contributed by atoms with E-state index in [-0.39, 0.29) is 5.56 Å². The van der Waals surface area contributed by atoms with Gasteiger partial charge in [0, 0.05) is 17.8 Å². The second kappa shape index (κ2) is 5.20. The van der Waals surface area contributed by atoms with E-state index in [2.05, 4.69) is 31.0 Å². The number of benzene rings is 1. The standard InChI is InChI=1S/C16H11BrN4O2/c1-23-10-4-2-9(3-5-10)21-16(22)12-8-18-13-6-14(17)19-7-11(13)15(12)20-21/h2-8,18H,1H3. The molecule has 6 nitrogen and oxygen atoms in total. The second-order valence-corrected chi connectivity index (χ2v) is 5.83. The van der Waals surface area contributed by atoms with Crippen molar-refractivity contribution in [2.75, 3.05) is 7.11 Å². The van der Waals surface area contributed by atoms with E-state index in [4.69, 9.17) is 4.74 Å². The van der Waals surface area contributed by atoms with Crippen molar-refractivity contribution in [2.24, 2.45) is 0 Å². The molecule has 1 aromatic carbocycles. The van der Waals surface area contributed by atoms with Crippen LogP contribution in [0.3, 0.4) is 0 Å². The van der Waals surface area contributed by atoms with Crippen LogP contribution in [-0.4, -0.2) is 26.9 Å². The number of H-pyrrole nitrogens is 1. The van der Waals surface area contributed by atoms with Gasteiger partial charge in [0.15, 0.2) is 0 Å². The maximum Gasteiger partial charge on any atom is 0.282 e. The van der Waals surface area contributed by atoms with Crippen LogP contribution >= 0.6 is 15.9 Å². The molecule has 0 unspecified atom stereocenters. The maximum atomic E-state index is 12.6. The lowest BCUT2D eigenvalue weighted by atomic mass is 10.1. The predicted octanol–water partition coefficient (Wildman–Crippen LogP) is 2.98. The van der Waals surface area contributed by atoms with Crippen molar-refractivity contribution < 1.29 is 4.74 Å². The average molecular weight is 371 g/mol. The molecule has 7 heteroatoms. The van der Waals surface area contributed by atoms with Crippen molar-refractivity contribution in [3.8, 4) is 22.7 Å². The molecule has 114 valence electrons. The van der Waals surface area contributed by atoms with Gasteiger partial charge in [-0.3, -0.25) is 4.79 Å². The van der Waals surface area contributed by atoms with Crippen LogP contribution in [0.4, 0.5) is 0 Å². The molecule has 1 aromatic heterocycles. The van der Waals surface area contributed by atoms with Crippen molar-refractivity contribution in [3.63, 3.8) is 0 Å². The van der Waals surface area contributed by atoms with E-state index >= 15 is 0 Å². The predicted molar refractivity (Wildman–Crippen MR) is 90.4 cm³/mol. The number of ether oxygens (including phenoxy) is 1. The Hall–Kier alpha value is -2.67. The molecule has 0 radical (unpaired) electrons. The molecule has 2 aromatic rings. The van der Waals surface area contributed by atoms with Gasteiger partial charge in [0.1, 0.15) is 16.0 Å². The Labute approximate surface area is 139 Å². The normalized spacial score (nSPS) is 11.2. The summed E-state index contributed by atoms with van der Waals surface area (Å²) in [6.45, 7) is 0. The highest BCUT2D eigenvalue weighted by molar-refractivity contribution is 9.10. The van der Waals surface area contributed by atoms with Crippen LogP contribution in [0.5, 0.6) is 5.75 Å². The molecule has 0 bridgehead atoms. The first-order chi connectivity index (χ1) is 11.2. The lowest BCUT2D eigenvalue weighted by Crippen LogP contribution is -2.14. The quantitative estimate of drug-likeness (QED) is 0.550. The van der Waals surface area contributed by atoms with E-state index in [9.17, 15) is 4.79 Å². The largest absolute Gasteiger partial charge is 0.497 e. The van der Waals surface area contributed by atoms with Gasteiger partial charge in [-0.15, -0.1) is 0 Å². The number of rotatable bonds is 2. The first-order valence-electron chi connectivity index (χ1n) is 6.87. The lowest BCUT2D eigenvalue weighted by molar-refractivity contribution is 0.414. The minimum absolute atomic E-state index is 0.175. The third-order valence-electron chi connectivity index (χ3n) is 3.69. The van der Waals surface area contributed by atoms with E-state index in [1.807, 2.05) is 6.07 Å². The molecule has 23 heavy (non-hydrogen) atoms. The number of pyridine rings is 2. The van der Waals surface area contributed by atoms with Gasteiger partial charge in [0.25, 0.3) is 5.56 Å². The first kappa shape index (κ1) is 14.0. The molecular formula is C16H11BrN4O2. The molecule has 0 atom stereocenters. The molecule has 0 aliphatic carbocycles. The molecule has 0 fully saturated rings. The molecule has 4 rings (SSSR count). The Morgan fingerprint density at radius 1 is 1.26 bits per heavy atom. The third kappa shape index (κ3) is 2.20. The summed E-state index contributed by atoms with van der Waals surface area (Å²) in [5, 5.41) is 5.28. The summed E-state index contributed by atoms with van der Waals surface area (Å²) in [7, 11) is 1.60. The van der Waals surface area contributed by atoms with E-state index in [1.165, 1.54) is 4.68 Å². The molecule has 0 spiro atoms. The smallest absolute Gasteiger partial charge is 0.282 e. The summed E-state index contributed by atoms with van der Waals surface area (Å²) in [6.07, 6.45) is 3.38. The summed E-state index contributed by atoms with van der Waals surface area (Å²) >= 11 is 3.34. The van der Waals surface area contributed by atoms with Gasteiger partial charge < -0.3 is 9.72 Å². The maximum absolute atomic E-state index is 12.6. The van der Waals surface area contributed by atoms with E-state index in [1.54, 1.807) is 43.8 Å². The highest BCUT2D eigenvalue weighted by Crippen LogP contribution is 2.27. The highest BCUT2D eigenvalue weighted by atomic mass is 79.9. The number of methoxy groups -OCH3 is 1. The zero-order valence-corrected chi connectivity index (χ0v) is 13.7.